The zero-order valence-electron chi connectivity index (χ0n) is 17.7. The summed E-state index contributed by atoms with van der Waals surface area (Å²) in [4.78, 5) is 43.6. The molecule has 9 heteroatoms. The molecule has 1 N–H and O–H groups in total. The summed E-state index contributed by atoms with van der Waals surface area (Å²) in [6.45, 7) is 5.07. The van der Waals surface area contributed by atoms with E-state index in [0.717, 1.165) is 24.3 Å². The quantitative estimate of drug-likeness (QED) is 0.627. The molecular formula is C22H24N4O5. The predicted octanol–water partition coefficient (Wildman–Crippen LogP) is 2.54. The van der Waals surface area contributed by atoms with Crippen molar-refractivity contribution in [1.82, 2.24) is 9.55 Å². The third-order valence-corrected chi connectivity index (χ3v) is 5.44. The number of ether oxygens (including phenoxy) is 1. The fourth-order valence-electron chi connectivity index (χ4n) is 3.78. The average Bonchev–Trinajstić information content (AvgIpc) is 3.38. The minimum Gasteiger partial charge on any atom is -0.452 e. The lowest BCUT2D eigenvalue weighted by molar-refractivity contribution is -0.119. The van der Waals surface area contributed by atoms with E-state index < -0.39 is 24.0 Å². The van der Waals surface area contributed by atoms with Crippen LogP contribution in [0.2, 0.25) is 0 Å². The Balaban J connectivity index is 1.43. The van der Waals surface area contributed by atoms with Crippen LogP contribution in [0.15, 0.2) is 33.7 Å². The number of nitrogens with one attached hydrogen (secondary N) is 1. The number of fused-ring (bicyclic) bond motifs is 1. The van der Waals surface area contributed by atoms with Crippen LogP contribution in [-0.4, -0.2) is 41.1 Å². The number of furan rings is 1. The molecule has 0 unspecified atom stereocenters. The molecule has 1 aliphatic rings. The molecule has 4 rings (SSSR count). The van der Waals surface area contributed by atoms with Gasteiger partial charge in [0.2, 0.25) is 5.71 Å². The third kappa shape index (κ3) is 4.03. The summed E-state index contributed by atoms with van der Waals surface area (Å²) in [5.41, 5.74) is 2.35. The van der Waals surface area contributed by atoms with E-state index in [2.05, 4.69) is 15.2 Å². The Bertz CT molecular complexity index is 1220. The lowest BCUT2D eigenvalue weighted by atomic mass is 10.1. The summed E-state index contributed by atoms with van der Waals surface area (Å²) >= 11 is 0. The maximum absolute atomic E-state index is 12.6. The Labute approximate surface area is 178 Å². The Kier molecular flexibility index (Phi) is 5.50. The molecule has 0 bridgehead atoms. The number of aryl methyl sites for hydroxylation is 3. The molecule has 2 aromatic heterocycles. The molecular weight excluding hydrogens is 400 g/mol. The second-order valence-electron chi connectivity index (χ2n) is 7.69. The van der Waals surface area contributed by atoms with Crippen LogP contribution in [0.4, 0.5) is 11.4 Å². The number of benzene rings is 1. The number of nitrogens with zero attached hydrogens (tertiary/aromatic N) is 3. The molecule has 1 aliphatic heterocycles. The number of hydrogen-bond acceptors (Lipinski definition) is 7. The number of amides is 1. The Morgan fingerprint density at radius 1 is 1.23 bits per heavy atom. The first-order valence-corrected chi connectivity index (χ1v) is 10.1. The smallest absolute Gasteiger partial charge is 0.343 e. The highest BCUT2D eigenvalue weighted by Gasteiger charge is 2.24. The van der Waals surface area contributed by atoms with Gasteiger partial charge in [0.1, 0.15) is 23.0 Å². The SMILES string of the molecule is Cc1cc(N2CCCC2)ccc1NC(=O)COC(=O)c1c(C)oc2ncn(C)c(=O)c12. The zero-order chi connectivity index (χ0) is 22.1. The summed E-state index contributed by atoms with van der Waals surface area (Å²) in [6.07, 6.45) is 3.69. The van der Waals surface area contributed by atoms with E-state index in [-0.39, 0.29) is 22.4 Å². The van der Waals surface area contributed by atoms with E-state index in [4.69, 9.17) is 9.15 Å². The van der Waals surface area contributed by atoms with Gasteiger partial charge in [0, 0.05) is 31.5 Å². The van der Waals surface area contributed by atoms with E-state index in [1.54, 1.807) is 6.92 Å². The molecule has 3 heterocycles. The van der Waals surface area contributed by atoms with Crippen LogP contribution >= 0.6 is 0 Å². The first-order valence-electron chi connectivity index (χ1n) is 10.1. The van der Waals surface area contributed by atoms with E-state index >= 15 is 0 Å². The fourth-order valence-corrected chi connectivity index (χ4v) is 3.78. The standard InChI is InChI=1S/C22H24N4O5/c1-13-10-15(26-8-4-5-9-26)6-7-16(13)24-17(27)11-30-22(29)18-14(2)31-20-19(18)21(28)25(3)12-23-20/h6-7,10,12H,4-5,8-9,11H2,1-3H3,(H,24,27). The van der Waals surface area contributed by atoms with Crippen molar-refractivity contribution in [3.8, 4) is 0 Å². The van der Waals surface area contributed by atoms with Gasteiger partial charge in [-0.05, 0) is 50.5 Å². The van der Waals surface area contributed by atoms with Crippen LogP contribution in [0.1, 0.15) is 34.5 Å². The van der Waals surface area contributed by atoms with Crippen molar-refractivity contribution in [3.05, 3.63) is 51.8 Å². The third-order valence-electron chi connectivity index (χ3n) is 5.44. The van der Waals surface area contributed by atoms with Crippen molar-refractivity contribution in [2.45, 2.75) is 26.7 Å². The number of esters is 1. The highest BCUT2D eigenvalue weighted by molar-refractivity contribution is 6.04. The van der Waals surface area contributed by atoms with E-state index in [9.17, 15) is 14.4 Å². The first-order chi connectivity index (χ1) is 14.8. The van der Waals surface area contributed by atoms with Crippen molar-refractivity contribution in [3.63, 3.8) is 0 Å². The fraction of sp³-hybridized carbons (Fsp3) is 0.364. The average molecular weight is 424 g/mol. The first kappa shape index (κ1) is 20.6. The number of hydrogen-bond donors (Lipinski definition) is 1. The molecule has 0 saturated carbocycles. The monoisotopic (exact) mass is 424 g/mol. The van der Waals surface area contributed by atoms with Crippen molar-refractivity contribution in [1.29, 1.82) is 0 Å². The van der Waals surface area contributed by atoms with Crippen LogP contribution < -0.4 is 15.8 Å². The van der Waals surface area contributed by atoms with Crippen LogP contribution in [0.25, 0.3) is 11.1 Å². The molecule has 1 fully saturated rings. The molecule has 1 aromatic carbocycles. The minimum atomic E-state index is -0.808. The number of aromatic nitrogens is 2. The summed E-state index contributed by atoms with van der Waals surface area (Å²) in [7, 11) is 1.52. The van der Waals surface area contributed by atoms with Crippen LogP contribution in [0.5, 0.6) is 0 Å². The maximum Gasteiger partial charge on any atom is 0.343 e. The van der Waals surface area contributed by atoms with Gasteiger partial charge in [0.05, 0.1) is 0 Å². The minimum absolute atomic E-state index is 0.0114. The van der Waals surface area contributed by atoms with Gasteiger partial charge in [0.25, 0.3) is 11.5 Å². The lowest BCUT2D eigenvalue weighted by Gasteiger charge is -2.19. The lowest BCUT2D eigenvalue weighted by Crippen LogP contribution is -2.23. The highest BCUT2D eigenvalue weighted by atomic mass is 16.5. The van der Waals surface area contributed by atoms with Crippen LogP contribution in [-0.2, 0) is 16.6 Å². The van der Waals surface area contributed by atoms with E-state index in [1.165, 1.54) is 30.8 Å². The summed E-state index contributed by atoms with van der Waals surface area (Å²) < 4.78 is 11.8. The maximum atomic E-state index is 12.6. The van der Waals surface area contributed by atoms with E-state index in [0.29, 0.717) is 5.69 Å². The Morgan fingerprint density at radius 3 is 2.68 bits per heavy atom. The largest absolute Gasteiger partial charge is 0.452 e. The number of anilines is 2. The molecule has 0 aliphatic carbocycles. The van der Waals surface area contributed by atoms with Crippen LogP contribution in [0, 0.1) is 13.8 Å². The molecule has 9 nitrogen and oxygen atoms in total. The second-order valence-corrected chi connectivity index (χ2v) is 7.69. The molecule has 31 heavy (non-hydrogen) atoms. The van der Waals surface area contributed by atoms with Crippen molar-refractivity contribution in [2.75, 3.05) is 29.9 Å². The predicted molar refractivity (Wildman–Crippen MR) is 116 cm³/mol. The Hall–Kier alpha value is -3.62. The van der Waals surface area contributed by atoms with Gasteiger partial charge < -0.3 is 23.9 Å². The van der Waals surface area contributed by atoms with Crippen LogP contribution in [0.3, 0.4) is 0 Å². The van der Waals surface area contributed by atoms with Gasteiger partial charge in [0.15, 0.2) is 6.61 Å². The van der Waals surface area contributed by atoms with Gasteiger partial charge >= 0.3 is 5.97 Å². The van der Waals surface area contributed by atoms with Gasteiger partial charge in [-0.25, -0.2) is 9.78 Å². The van der Waals surface area contributed by atoms with Crippen molar-refractivity contribution >= 4 is 34.4 Å². The summed E-state index contributed by atoms with van der Waals surface area (Å²) in [6, 6.07) is 5.87. The molecule has 3 aromatic rings. The van der Waals surface area contributed by atoms with Gasteiger partial charge in [-0.2, -0.15) is 0 Å². The Morgan fingerprint density at radius 2 is 1.97 bits per heavy atom. The number of rotatable bonds is 5. The summed E-state index contributed by atoms with van der Waals surface area (Å²) in [5.74, 6) is -1.07. The number of carbonyl (C=O) groups is 2. The molecule has 162 valence electrons. The molecule has 0 radical (unpaired) electrons. The molecule has 1 saturated heterocycles. The van der Waals surface area contributed by atoms with Gasteiger partial charge in [-0.1, -0.05) is 0 Å². The normalized spacial score (nSPS) is 13.6. The van der Waals surface area contributed by atoms with Crippen molar-refractivity contribution < 1.29 is 18.7 Å². The zero-order valence-corrected chi connectivity index (χ0v) is 17.7. The highest BCUT2D eigenvalue weighted by Crippen LogP contribution is 2.26. The van der Waals surface area contributed by atoms with Gasteiger partial charge in [-0.3, -0.25) is 9.59 Å². The molecule has 0 atom stereocenters. The topological polar surface area (TPSA) is 107 Å². The molecule has 0 spiro atoms. The van der Waals surface area contributed by atoms with Crippen molar-refractivity contribution in [2.24, 2.45) is 7.05 Å². The number of carbonyl (C=O) groups excluding carboxylic acids is 2. The second kappa shape index (κ2) is 8.25. The summed E-state index contributed by atoms with van der Waals surface area (Å²) in [5, 5.41) is 2.81. The van der Waals surface area contributed by atoms with E-state index in [1.807, 2.05) is 25.1 Å². The molecule has 1 amide bonds. The van der Waals surface area contributed by atoms with Gasteiger partial charge in [-0.15, -0.1) is 0 Å².